The van der Waals surface area contributed by atoms with Crippen molar-refractivity contribution in [3.8, 4) is 5.75 Å². The van der Waals surface area contributed by atoms with Gasteiger partial charge in [0.1, 0.15) is 5.75 Å². The molecular formula is C21H27NO5. The summed E-state index contributed by atoms with van der Waals surface area (Å²) in [7, 11) is 3.42. The van der Waals surface area contributed by atoms with Gasteiger partial charge in [-0.1, -0.05) is 12.1 Å². The molecule has 0 radical (unpaired) electrons. The van der Waals surface area contributed by atoms with Crippen LogP contribution in [0.25, 0.3) is 0 Å². The first-order chi connectivity index (χ1) is 12.9. The quantitative estimate of drug-likeness (QED) is 0.712. The van der Waals surface area contributed by atoms with Gasteiger partial charge in [-0.25, -0.2) is 9.59 Å². The molecule has 0 unspecified atom stereocenters. The maximum absolute atomic E-state index is 12.8. The lowest BCUT2D eigenvalue weighted by Gasteiger charge is -2.35. The topological polar surface area (TPSA) is 65.1 Å². The number of methoxy groups -OCH3 is 1. The number of hydrogen-bond acceptors (Lipinski definition) is 6. The number of nitrogens with zero attached hydrogens (tertiary/aromatic N) is 1. The van der Waals surface area contributed by atoms with Crippen LogP contribution in [0, 0.1) is 0 Å². The molecule has 27 heavy (non-hydrogen) atoms. The summed E-state index contributed by atoms with van der Waals surface area (Å²) in [4.78, 5) is 27.4. The van der Waals surface area contributed by atoms with Crippen LogP contribution < -0.4 is 4.74 Å². The molecule has 0 N–H and O–H groups in total. The maximum atomic E-state index is 12.8. The van der Waals surface area contributed by atoms with Crippen LogP contribution in [0.4, 0.5) is 0 Å². The van der Waals surface area contributed by atoms with Gasteiger partial charge in [0.05, 0.1) is 37.4 Å². The lowest BCUT2D eigenvalue weighted by atomic mass is 9.80. The molecule has 1 heterocycles. The van der Waals surface area contributed by atoms with Gasteiger partial charge in [-0.2, -0.15) is 0 Å². The first-order valence-electron chi connectivity index (χ1n) is 9.00. The second-order valence-electron chi connectivity index (χ2n) is 6.20. The molecule has 2 rings (SSSR count). The Labute approximate surface area is 160 Å². The van der Waals surface area contributed by atoms with Crippen LogP contribution in [-0.4, -0.2) is 44.2 Å². The molecule has 0 aromatic heterocycles. The number of rotatable bonds is 6. The minimum atomic E-state index is -0.565. The highest BCUT2D eigenvalue weighted by molar-refractivity contribution is 5.99. The van der Waals surface area contributed by atoms with Crippen LogP contribution in [0.15, 0.2) is 46.8 Å². The Hall–Kier alpha value is -2.76. The van der Waals surface area contributed by atoms with Gasteiger partial charge in [-0.05, 0) is 45.4 Å². The van der Waals surface area contributed by atoms with Crippen LogP contribution in [0.5, 0.6) is 5.75 Å². The van der Waals surface area contributed by atoms with Crippen LogP contribution in [0.2, 0.25) is 0 Å². The minimum Gasteiger partial charge on any atom is -0.497 e. The Balaban J connectivity index is 2.68. The van der Waals surface area contributed by atoms with Crippen LogP contribution in [0.3, 0.4) is 0 Å². The zero-order chi connectivity index (χ0) is 20.1. The van der Waals surface area contributed by atoms with Gasteiger partial charge >= 0.3 is 11.9 Å². The Morgan fingerprint density at radius 3 is 1.74 bits per heavy atom. The van der Waals surface area contributed by atoms with E-state index in [0.717, 1.165) is 17.0 Å². The molecule has 0 saturated heterocycles. The molecule has 146 valence electrons. The summed E-state index contributed by atoms with van der Waals surface area (Å²) in [5, 5.41) is 0. The molecule has 0 fully saturated rings. The monoisotopic (exact) mass is 373 g/mol. The molecule has 1 aromatic carbocycles. The summed E-state index contributed by atoms with van der Waals surface area (Å²) in [6, 6.07) is 7.33. The molecule has 0 spiro atoms. The fraction of sp³-hybridized carbons (Fsp3) is 0.429. The summed E-state index contributed by atoms with van der Waals surface area (Å²) < 4.78 is 15.8. The summed E-state index contributed by atoms with van der Waals surface area (Å²) in [6.45, 7) is 7.74. The van der Waals surface area contributed by atoms with E-state index < -0.39 is 17.9 Å². The van der Waals surface area contributed by atoms with Crippen molar-refractivity contribution < 1.29 is 23.8 Å². The average Bonchev–Trinajstić information content (AvgIpc) is 2.66. The summed E-state index contributed by atoms with van der Waals surface area (Å²) in [5.41, 5.74) is 3.18. The van der Waals surface area contributed by atoms with Crippen molar-refractivity contribution in [1.29, 1.82) is 0 Å². The highest BCUT2D eigenvalue weighted by atomic mass is 16.5. The fourth-order valence-electron chi connectivity index (χ4n) is 3.25. The van der Waals surface area contributed by atoms with E-state index in [9.17, 15) is 9.59 Å². The van der Waals surface area contributed by atoms with Crippen molar-refractivity contribution in [1.82, 2.24) is 4.90 Å². The lowest BCUT2D eigenvalue weighted by molar-refractivity contribution is -0.139. The first-order valence-corrected chi connectivity index (χ1v) is 9.00. The second-order valence-corrected chi connectivity index (χ2v) is 6.20. The number of allylic oxidation sites excluding steroid dienone is 2. The van der Waals surface area contributed by atoms with Gasteiger partial charge in [0.15, 0.2) is 0 Å². The molecule has 0 saturated carbocycles. The van der Waals surface area contributed by atoms with E-state index in [4.69, 9.17) is 14.2 Å². The molecule has 6 nitrogen and oxygen atoms in total. The normalized spacial score (nSPS) is 15.1. The number of carbonyl (C=O) groups is 2. The van der Waals surface area contributed by atoms with E-state index in [0.29, 0.717) is 16.9 Å². The van der Waals surface area contributed by atoms with Crippen LogP contribution >= 0.6 is 0 Å². The van der Waals surface area contributed by atoms with Gasteiger partial charge < -0.3 is 19.1 Å². The third-order valence-electron chi connectivity index (χ3n) is 4.80. The first kappa shape index (κ1) is 20.6. The number of carbonyl (C=O) groups excluding carboxylic acids is 2. The van der Waals surface area contributed by atoms with E-state index in [1.807, 2.05) is 50.1 Å². The Morgan fingerprint density at radius 2 is 1.37 bits per heavy atom. The van der Waals surface area contributed by atoms with Crippen molar-refractivity contribution in [3.05, 3.63) is 52.4 Å². The van der Waals surface area contributed by atoms with Crippen molar-refractivity contribution in [2.45, 2.75) is 33.6 Å². The standard InChI is InChI=1S/C21H27NO5/c1-7-26-20(23)17-13(3)22(5)14(4)18(21(24)27-8-2)19(17)15-9-11-16(25-6)12-10-15/h9-12,19H,7-8H2,1-6H3. The molecular weight excluding hydrogens is 346 g/mol. The highest BCUT2D eigenvalue weighted by Gasteiger charge is 2.39. The lowest BCUT2D eigenvalue weighted by Crippen LogP contribution is -2.33. The zero-order valence-corrected chi connectivity index (χ0v) is 16.8. The van der Waals surface area contributed by atoms with E-state index in [1.165, 1.54) is 0 Å². The maximum Gasteiger partial charge on any atom is 0.336 e. The summed E-state index contributed by atoms with van der Waals surface area (Å²) >= 11 is 0. The Bertz CT molecular complexity index is 734. The van der Waals surface area contributed by atoms with E-state index in [-0.39, 0.29) is 13.2 Å². The zero-order valence-electron chi connectivity index (χ0n) is 16.8. The molecule has 0 atom stereocenters. The van der Waals surface area contributed by atoms with E-state index in [2.05, 4.69) is 0 Å². The van der Waals surface area contributed by atoms with Gasteiger partial charge in [-0.3, -0.25) is 0 Å². The van der Waals surface area contributed by atoms with Gasteiger partial charge in [-0.15, -0.1) is 0 Å². The predicted molar refractivity (Wildman–Crippen MR) is 102 cm³/mol. The SMILES string of the molecule is CCOC(=O)C1=C(C)N(C)C(C)=C(C(=O)OCC)C1c1ccc(OC)cc1. The highest BCUT2D eigenvalue weighted by Crippen LogP contribution is 2.42. The van der Waals surface area contributed by atoms with Crippen LogP contribution in [0.1, 0.15) is 39.2 Å². The molecule has 1 aliphatic rings. The summed E-state index contributed by atoms with van der Waals surface area (Å²) in [6.07, 6.45) is 0. The smallest absolute Gasteiger partial charge is 0.336 e. The molecule has 0 aliphatic carbocycles. The predicted octanol–water partition coefficient (Wildman–Crippen LogP) is 3.40. The number of hydrogen-bond donors (Lipinski definition) is 0. The Morgan fingerprint density at radius 1 is 0.926 bits per heavy atom. The van der Waals surface area contributed by atoms with Gasteiger partial charge in [0.25, 0.3) is 0 Å². The average molecular weight is 373 g/mol. The second kappa shape index (κ2) is 8.75. The number of benzene rings is 1. The molecule has 0 bridgehead atoms. The fourth-order valence-corrected chi connectivity index (χ4v) is 3.25. The summed E-state index contributed by atoms with van der Waals surface area (Å²) in [5.74, 6) is -0.734. The van der Waals surface area contributed by atoms with E-state index in [1.54, 1.807) is 21.0 Å². The molecule has 1 aromatic rings. The van der Waals surface area contributed by atoms with Crippen molar-refractivity contribution in [2.24, 2.45) is 0 Å². The third kappa shape index (κ3) is 3.99. The molecule has 0 amide bonds. The number of esters is 2. The van der Waals surface area contributed by atoms with Crippen molar-refractivity contribution >= 4 is 11.9 Å². The minimum absolute atomic E-state index is 0.256. The van der Waals surface area contributed by atoms with Crippen molar-refractivity contribution in [3.63, 3.8) is 0 Å². The van der Waals surface area contributed by atoms with Crippen molar-refractivity contribution in [2.75, 3.05) is 27.4 Å². The van der Waals surface area contributed by atoms with Gasteiger partial charge in [0, 0.05) is 18.4 Å². The van der Waals surface area contributed by atoms with E-state index >= 15 is 0 Å². The largest absolute Gasteiger partial charge is 0.497 e. The Kier molecular flexibility index (Phi) is 6.66. The third-order valence-corrected chi connectivity index (χ3v) is 4.80. The van der Waals surface area contributed by atoms with Gasteiger partial charge in [0.2, 0.25) is 0 Å². The molecule has 1 aliphatic heterocycles. The number of ether oxygens (including phenoxy) is 3. The van der Waals surface area contributed by atoms with Crippen LogP contribution in [-0.2, 0) is 19.1 Å². The molecule has 6 heteroatoms.